The molecule has 10 heteroatoms. The molecule has 1 saturated heterocycles. The Morgan fingerprint density at radius 2 is 2.17 bits per heavy atom. The van der Waals surface area contributed by atoms with Gasteiger partial charge in [-0.3, -0.25) is 9.48 Å². The van der Waals surface area contributed by atoms with Crippen LogP contribution in [0.4, 0.5) is 13.2 Å². The highest BCUT2D eigenvalue weighted by Gasteiger charge is 2.38. The zero-order chi connectivity index (χ0) is 20.8. The number of likely N-dealkylation sites (tertiary alicyclic amines) is 1. The first kappa shape index (κ1) is 19.4. The predicted molar refractivity (Wildman–Crippen MR) is 97.3 cm³/mol. The van der Waals surface area contributed by atoms with Gasteiger partial charge >= 0.3 is 6.18 Å². The summed E-state index contributed by atoms with van der Waals surface area (Å²) >= 11 is 0. The van der Waals surface area contributed by atoms with E-state index in [1.807, 2.05) is 0 Å². The number of hydrogen-bond acceptors (Lipinski definition) is 5. The molecule has 1 aliphatic rings. The molecule has 0 spiro atoms. The van der Waals surface area contributed by atoms with Gasteiger partial charge in [-0.2, -0.15) is 18.3 Å². The lowest BCUT2D eigenvalue weighted by molar-refractivity contribution is -0.136. The molecule has 1 aliphatic heterocycles. The molecule has 0 bridgehead atoms. The number of alkyl halides is 3. The number of piperidine rings is 1. The molecular formula is C19H20F3N5O2. The van der Waals surface area contributed by atoms with Crippen LogP contribution in [0.15, 0.2) is 22.9 Å². The first-order valence-corrected chi connectivity index (χ1v) is 9.43. The Hall–Kier alpha value is -2.91. The summed E-state index contributed by atoms with van der Waals surface area (Å²) in [5.41, 5.74) is 0.0440. The molecule has 7 nitrogen and oxygen atoms in total. The summed E-state index contributed by atoms with van der Waals surface area (Å²) < 4.78 is 47.8. The third-order valence-corrected chi connectivity index (χ3v) is 5.33. The van der Waals surface area contributed by atoms with E-state index in [0.29, 0.717) is 37.2 Å². The van der Waals surface area contributed by atoms with Crippen LogP contribution in [0.2, 0.25) is 0 Å². The van der Waals surface area contributed by atoms with Crippen molar-refractivity contribution in [3.8, 4) is 0 Å². The van der Waals surface area contributed by atoms with Crippen LogP contribution in [-0.2, 0) is 19.6 Å². The molecular weight excluding hydrogens is 387 g/mol. The fourth-order valence-corrected chi connectivity index (χ4v) is 3.84. The third kappa shape index (κ3) is 3.47. The summed E-state index contributed by atoms with van der Waals surface area (Å²) in [6.07, 6.45) is -1.39. The fraction of sp³-hybridized carbons (Fsp3) is 0.474. The Morgan fingerprint density at radius 3 is 2.83 bits per heavy atom. The number of hydrogen-bond donors (Lipinski definition) is 0. The van der Waals surface area contributed by atoms with Crippen molar-refractivity contribution in [2.45, 2.75) is 38.3 Å². The van der Waals surface area contributed by atoms with Gasteiger partial charge in [0.2, 0.25) is 0 Å². The zero-order valence-electron chi connectivity index (χ0n) is 16.0. The highest BCUT2D eigenvalue weighted by atomic mass is 19.4. The van der Waals surface area contributed by atoms with Crippen LogP contribution < -0.4 is 0 Å². The third-order valence-electron chi connectivity index (χ3n) is 5.33. The van der Waals surface area contributed by atoms with Crippen molar-refractivity contribution in [2.24, 2.45) is 7.05 Å². The minimum Gasteiger partial charge on any atom is -0.337 e. The van der Waals surface area contributed by atoms with Gasteiger partial charge in [0.1, 0.15) is 5.69 Å². The maximum atomic E-state index is 13.7. The molecule has 3 aromatic rings. The summed E-state index contributed by atoms with van der Waals surface area (Å²) in [4.78, 5) is 18.6. The van der Waals surface area contributed by atoms with Crippen molar-refractivity contribution >= 4 is 17.0 Å². The van der Waals surface area contributed by atoms with Crippen LogP contribution >= 0.6 is 0 Å². The van der Waals surface area contributed by atoms with Crippen LogP contribution in [0.3, 0.4) is 0 Å². The quantitative estimate of drug-likeness (QED) is 0.664. The lowest BCUT2D eigenvalue weighted by Crippen LogP contribution is -2.40. The second-order valence-electron chi connectivity index (χ2n) is 7.19. The number of nitrogens with zero attached hydrogens (tertiary/aromatic N) is 5. The van der Waals surface area contributed by atoms with Crippen molar-refractivity contribution in [1.82, 2.24) is 24.8 Å². The molecule has 29 heavy (non-hydrogen) atoms. The number of fused-ring (bicyclic) bond motifs is 1. The molecule has 0 unspecified atom stereocenters. The van der Waals surface area contributed by atoms with Gasteiger partial charge in [-0.05, 0) is 31.4 Å². The summed E-state index contributed by atoms with van der Waals surface area (Å²) in [5.74, 6) is -0.567. The van der Waals surface area contributed by atoms with E-state index in [-0.39, 0.29) is 35.2 Å². The van der Waals surface area contributed by atoms with E-state index in [1.165, 1.54) is 10.9 Å². The molecule has 1 fully saturated rings. The van der Waals surface area contributed by atoms with Crippen LogP contribution in [0.1, 0.15) is 53.1 Å². The number of carbonyl (C=O) groups is 1. The summed E-state index contributed by atoms with van der Waals surface area (Å²) in [7, 11) is 1.67. The zero-order valence-corrected chi connectivity index (χ0v) is 16.0. The molecule has 0 radical (unpaired) electrons. The summed E-state index contributed by atoms with van der Waals surface area (Å²) in [6, 6.07) is 2.68. The molecule has 154 valence electrons. The molecule has 1 atom stereocenters. The van der Waals surface area contributed by atoms with E-state index in [9.17, 15) is 18.0 Å². The first-order valence-electron chi connectivity index (χ1n) is 9.43. The standard InChI is InChI=1S/C19H20F3N5O2/c1-3-12-9-13(19(20,21)22)15-16(25-29-17(15)24-12)11-5-4-8-27(10-11)18(28)14-6-7-23-26(14)2/h6-7,9,11H,3-5,8,10H2,1-2H3/t11-/m0/s1. The minimum atomic E-state index is -4.55. The van der Waals surface area contributed by atoms with Gasteiger partial charge in [-0.1, -0.05) is 12.1 Å². The van der Waals surface area contributed by atoms with Gasteiger partial charge in [0.05, 0.1) is 16.6 Å². The van der Waals surface area contributed by atoms with E-state index in [4.69, 9.17) is 4.52 Å². The first-order chi connectivity index (χ1) is 13.8. The van der Waals surface area contributed by atoms with Gasteiger partial charge in [0.25, 0.3) is 11.6 Å². The summed E-state index contributed by atoms with van der Waals surface area (Å²) in [5, 5.41) is 7.85. The van der Waals surface area contributed by atoms with Gasteiger partial charge in [0, 0.05) is 37.9 Å². The molecule has 0 saturated carbocycles. The van der Waals surface area contributed by atoms with E-state index in [1.54, 1.807) is 24.9 Å². The van der Waals surface area contributed by atoms with Crippen LogP contribution in [-0.4, -0.2) is 43.8 Å². The average molecular weight is 407 g/mol. The Bertz CT molecular complexity index is 1060. The molecule has 1 amide bonds. The van der Waals surface area contributed by atoms with Crippen molar-refractivity contribution in [3.63, 3.8) is 0 Å². The maximum absolute atomic E-state index is 13.7. The van der Waals surface area contributed by atoms with Crippen molar-refractivity contribution in [1.29, 1.82) is 0 Å². The Kier molecular flexibility index (Phi) is 4.79. The molecule has 4 heterocycles. The van der Waals surface area contributed by atoms with Crippen LogP contribution in [0.5, 0.6) is 0 Å². The lowest BCUT2D eigenvalue weighted by Gasteiger charge is -2.32. The molecule has 0 aromatic carbocycles. The second-order valence-corrected chi connectivity index (χ2v) is 7.19. The topological polar surface area (TPSA) is 77.0 Å². The molecule has 0 N–H and O–H groups in total. The van der Waals surface area contributed by atoms with Gasteiger partial charge in [0.15, 0.2) is 0 Å². The van der Waals surface area contributed by atoms with Crippen molar-refractivity contribution < 1.29 is 22.5 Å². The summed E-state index contributed by atoms with van der Waals surface area (Å²) in [6.45, 7) is 2.52. The maximum Gasteiger partial charge on any atom is 0.417 e. The SMILES string of the molecule is CCc1cc(C(F)(F)F)c2c([C@H]3CCCN(C(=O)c4ccnn4C)C3)noc2n1. The molecule has 0 aliphatic carbocycles. The van der Waals surface area contributed by atoms with Gasteiger partial charge < -0.3 is 9.42 Å². The minimum absolute atomic E-state index is 0.102. The second kappa shape index (κ2) is 7.16. The number of amides is 1. The Morgan fingerprint density at radius 1 is 1.38 bits per heavy atom. The number of halogens is 3. The Balaban J connectivity index is 1.71. The highest BCUT2D eigenvalue weighted by molar-refractivity contribution is 5.92. The van der Waals surface area contributed by atoms with E-state index < -0.39 is 11.7 Å². The fourth-order valence-electron chi connectivity index (χ4n) is 3.84. The predicted octanol–water partition coefficient (Wildman–Crippen LogP) is 3.56. The van der Waals surface area contributed by atoms with Crippen molar-refractivity contribution in [2.75, 3.05) is 13.1 Å². The average Bonchev–Trinajstić information content (AvgIpc) is 3.32. The smallest absolute Gasteiger partial charge is 0.337 e. The van der Waals surface area contributed by atoms with Gasteiger partial charge in [-0.25, -0.2) is 4.98 Å². The number of rotatable bonds is 3. The molecule has 4 rings (SSSR count). The molecule has 3 aromatic heterocycles. The van der Waals surface area contributed by atoms with Crippen LogP contribution in [0, 0.1) is 0 Å². The van der Waals surface area contributed by atoms with E-state index in [0.717, 1.165) is 6.07 Å². The Labute approximate surface area is 164 Å². The van der Waals surface area contributed by atoms with Crippen molar-refractivity contribution in [3.05, 3.63) is 41.0 Å². The number of aromatic nitrogens is 4. The van der Waals surface area contributed by atoms with Gasteiger partial charge in [-0.15, -0.1) is 0 Å². The lowest BCUT2D eigenvalue weighted by atomic mass is 9.91. The van der Waals surface area contributed by atoms with E-state index >= 15 is 0 Å². The highest BCUT2D eigenvalue weighted by Crippen LogP contribution is 2.40. The number of carbonyl (C=O) groups excluding carboxylic acids is 1. The monoisotopic (exact) mass is 407 g/mol. The number of pyridine rings is 1. The van der Waals surface area contributed by atoms with E-state index in [2.05, 4.69) is 15.2 Å². The number of aryl methyl sites for hydroxylation is 2. The normalized spacial score (nSPS) is 17.8. The largest absolute Gasteiger partial charge is 0.417 e. The van der Waals surface area contributed by atoms with Crippen LogP contribution in [0.25, 0.3) is 11.1 Å².